The lowest BCUT2D eigenvalue weighted by atomic mass is 10.2. The van der Waals surface area contributed by atoms with Gasteiger partial charge in [0, 0.05) is 21.3 Å². The van der Waals surface area contributed by atoms with Crippen LogP contribution >= 0.6 is 34.3 Å². The van der Waals surface area contributed by atoms with Crippen molar-refractivity contribution in [3.8, 4) is 10.6 Å². The summed E-state index contributed by atoms with van der Waals surface area (Å²) in [6.07, 6.45) is 0. The van der Waals surface area contributed by atoms with Crippen LogP contribution in [0.4, 0.5) is 0 Å². The maximum Gasteiger partial charge on any atom is 0.338 e. The molecule has 0 spiro atoms. The second kappa shape index (κ2) is 6.39. The van der Waals surface area contributed by atoms with Crippen molar-refractivity contribution < 1.29 is 9.53 Å². The van der Waals surface area contributed by atoms with Crippen molar-refractivity contribution in [2.24, 2.45) is 0 Å². The van der Waals surface area contributed by atoms with Gasteiger partial charge in [0.25, 0.3) is 0 Å². The molecule has 0 aliphatic heterocycles. The fraction of sp³-hybridized carbons (Fsp3) is 0.0667. The van der Waals surface area contributed by atoms with Gasteiger partial charge in [-0.3, -0.25) is 0 Å². The Bertz CT molecular complexity index is 753. The molecule has 0 amide bonds. The van der Waals surface area contributed by atoms with E-state index in [1.807, 2.05) is 22.2 Å². The average Bonchev–Trinajstić information content (AvgIpc) is 3.15. The van der Waals surface area contributed by atoms with Crippen molar-refractivity contribution in [1.29, 1.82) is 0 Å². The minimum atomic E-state index is -0.400. The van der Waals surface area contributed by atoms with Gasteiger partial charge >= 0.3 is 5.97 Å². The standard InChI is InChI=1S/C15H10ClNO2S2/c16-12-3-1-2-10(6-12)15(18)19-7-13-9-21-14(17-13)11-4-5-20-8-11/h1-6,8-9H,7H2. The van der Waals surface area contributed by atoms with Crippen molar-refractivity contribution in [3.05, 3.63) is 62.8 Å². The first-order valence-corrected chi connectivity index (χ1v) is 8.32. The van der Waals surface area contributed by atoms with E-state index < -0.39 is 5.97 Å². The zero-order valence-electron chi connectivity index (χ0n) is 10.8. The molecule has 2 aromatic heterocycles. The summed E-state index contributed by atoms with van der Waals surface area (Å²) in [6, 6.07) is 8.71. The number of carbonyl (C=O) groups is 1. The fourth-order valence-corrected chi connectivity index (χ4v) is 3.44. The van der Waals surface area contributed by atoms with Gasteiger partial charge in [0.1, 0.15) is 11.6 Å². The molecule has 6 heteroatoms. The third kappa shape index (κ3) is 3.50. The van der Waals surface area contributed by atoms with Crippen LogP contribution in [0.1, 0.15) is 16.1 Å². The lowest BCUT2D eigenvalue weighted by Gasteiger charge is -2.03. The van der Waals surface area contributed by atoms with Crippen LogP contribution in [0.15, 0.2) is 46.5 Å². The van der Waals surface area contributed by atoms with E-state index >= 15 is 0 Å². The summed E-state index contributed by atoms with van der Waals surface area (Å²) in [7, 11) is 0. The Kier molecular flexibility index (Phi) is 4.34. The van der Waals surface area contributed by atoms with Gasteiger partial charge in [0.2, 0.25) is 0 Å². The predicted octanol–water partition coefficient (Wildman–Crippen LogP) is 4.88. The second-order valence-electron chi connectivity index (χ2n) is 4.24. The molecule has 3 nitrogen and oxygen atoms in total. The molecule has 0 aliphatic carbocycles. The topological polar surface area (TPSA) is 39.2 Å². The molecular formula is C15H10ClNO2S2. The van der Waals surface area contributed by atoms with E-state index in [4.69, 9.17) is 16.3 Å². The lowest BCUT2D eigenvalue weighted by Crippen LogP contribution is -2.05. The Hall–Kier alpha value is -1.69. The summed E-state index contributed by atoms with van der Waals surface area (Å²) in [6.45, 7) is 0.159. The minimum Gasteiger partial charge on any atom is -0.456 e. The van der Waals surface area contributed by atoms with Crippen molar-refractivity contribution in [2.75, 3.05) is 0 Å². The van der Waals surface area contributed by atoms with Crippen LogP contribution in [0.5, 0.6) is 0 Å². The molecule has 0 fully saturated rings. The first-order chi connectivity index (χ1) is 10.2. The number of nitrogens with zero attached hydrogens (tertiary/aromatic N) is 1. The van der Waals surface area contributed by atoms with Gasteiger partial charge in [-0.05, 0) is 29.6 Å². The van der Waals surface area contributed by atoms with E-state index in [0.29, 0.717) is 10.6 Å². The Morgan fingerprint density at radius 1 is 1.29 bits per heavy atom. The molecule has 0 saturated heterocycles. The summed E-state index contributed by atoms with van der Waals surface area (Å²) in [5.41, 5.74) is 2.28. The highest BCUT2D eigenvalue weighted by Crippen LogP contribution is 2.26. The van der Waals surface area contributed by atoms with E-state index in [0.717, 1.165) is 16.3 Å². The normalized spacial score (nSPS) is 10.5. The quantitative estimate of drug-likeness (QED) is 0.638. The number of ether oxygens (including phenoxy) is 1. The lowest BCUT2D eigenvalue weighted by molar-refractivity contribution is 0.0468. The molecule has 0 bridgehead atoms. The van der Waals surface area contributed by atoms with Crippen LogP contribution in [0.3, 0.4) is 0 Å². The van der Waals surface area contributed by atoms with E-state index in [9.17, 15) is 4.79 Å². The number of rotatable bonds is 4. The number of thiazole rings is 1. The molecule has 1 aromatic carbocycles. The van der Waals surface area contributed by atoms with Gasteiger partial charge in [-0.15, -0.1) is 11.3 Å². The first kappa shape index (κ1) is 14.3. The molecule has 3 aromatic rings. The van der Waals surface area contributed by atoms with Gasteiger partial charge in [-0.1, -0.05) is 17.7 Å². The number of hydrogen-bond donors (Lipinski definition) is 0. The van der Waals surface area contributed by atoms with Gasteiger partial charge in [-0.25, -0.2) is 9.78 Å². The van der Waals surface area contributed by atoms with E-state index in [2.05, 4.69) is 4.98 Å². The molecule has 0 radical (unpaired) electrons. The third-order valence-electron chi connectivity index (χ3n) is 2.73. The van der Waals surface area contributed by atoms with E-state index in [-0.39, 0.29) is 6.61 Å². The molecule has 0 aliphatic rings. The Morgan fingerprint density at radius 3 is 2.95 bits per heavy atom. The van der Waals surface area contributed by atoms with Gasteiger partial charge in [0.05, 0.1) is 11.3 Å². The van der Waals surface area contributed by atoms with Crippen LogP contribution in [-0.4, -0.2) is 11.0 Å². The molecule has 0 unspecified atom stereocenters. The van der Waals surface area contributed by atoms with Crippen LogP contribution < -0.4 is 0 Å². The number of benzene rings is 1. The maximum absolute atomic E-state index is 11.9. The molecule has 0 atom stereocenters. The highest BCUT2D eigenvalue weighted by molar-refractivity contribution is 7.14. The van der Waals surface area contributed by atoms with Gasteiger partial charge in [-0.2, -0.15) is 11.3 Å². The summed E-state index contributed by atoms with van der Waals surface area (Å²) in [5, 5.41) is 7.40. The molecule has 0 saturated carbocycles. The fourth-order valence-electron chi connectivity index (χ4n) is 1.73. The number of esters is 1. The smallest absolute Gasteiger partial charge is 0.338 e. The summed E-state index contributed by atoms with van der Waals surface area (Å²) in [5.74, 6) is -0.400. The van der Waals surface area contributed by atoms with E-state index in [1.165, 1.54) is 0 Å². The van der Waals surface area contributed by atoms with Gasteiger partial charge < -0.3 is 4.74 Å². The predicted molar refractivity (Wildman–Crippen MR) is 86.0 cm³/mol. The second-order valence-corrected chi connectivity index (χ2v) is 6.32. The molecular weight excluding hydrogens is 326 g/mol. The average molecular weight is 336 g/mol. The summed E-state index contributed by atoms with van der Waals surface area (Å²) < 4.78 is 5.25. The van der Waals surface area contributed by atoms with Crippen LogP contribution in [0.2, 0.25) is 5.02 Å². The SMILES string of the molecule is O=C(OCc1csc(-c2ccsc2)n1)c1cccc(Cl)c1. The largest absolute Gasteiger partial charge is 0.456 e. The highest BCUT2D eigenvalue weighted by atomic mass is 35.5. The Labute approximate surface area is 134 Å². The number of hydrogen-bond acceptors (Lipinski definition) is 5. The van der Waals surface area contributed by atoms with Crippen LogP contribution in [0, 0.1) is 0 Å². The first-order valence-electron chi connectivity index (χ1n) is 6.12. The molecule has 2 heterocycles. The third-order valence-corrected chi connectivity index (χ3v) is 4.59. The van der Waals surface area contributed by atoms with Crippen LogP contribution in [-0.2, 0) is 11.3 Å². The summed E-state index contributed by atoms with van der Waals surface area (Å²) in [4.78, 5) is 16.4. The zero-order chi connectivity index (χ0) is 14.7. The highest BCUT2D eigenvalue weighted by Gasteiger charge is 2.10. The monoisotopic (exact) mass is 335 g/mol. The summed E-state index contributed by atoms with van der Waals surface area (Å²) >= 11 is 9.02. The number of aromatic nitrogens is 1. The zero-order valence-corrected chi connectivity index (χ0v) is 13.2. The number of thiophene rings is 1. The van der Waals surface area contributed by atoms with Crippen molar-refractivity contribution in [2.45, 2.75) is 6.61 Å². The Morgan fingerprint density at radius 2 is 2.19 bits per heavy atom. The van der Waals surface area contributed by atoms with Crippen molar-refractivity contribution in [3.63, 3.8) is 0 Å². The van der Waals surface area contributed by atoms with E-state index in [1.54, 1.807) is 46.9 Å². The molecule has 3 rings (SSSR count). The minimum absolute atomic E-state index is 0.159. The van der Waals surface area contributed by atoms with Crippen molar-refractivity contribution in [1.82, 2.24) is 4.98 Å². The number of carbonyl (C=O) groups excluding carboxylic acids is 1. The Balaban J connectivity index is 1.64. The number of halogens is 1. The van der Waals surface area contributed by atoms with Gasteiger partial charge in [0.15, 0.2) is 0 Å². The van der Waals surface area contributed by atoms with Crippen LogP contribution in [0.25, 0.3) is 10.6 Å². The molecule has 21 heavy (non-hydrogen) atoms. The molecule has 0 N–H and O–H groups in total. The molecule has 106 valence electrons. The van der Waals surface area contributed by atoms with Crippen molar-refractivity contribution >= 4 is 40.2 Å². The maximum atomic E-state index is 11.9.